The van der Waals surface area contributed by atoms with Gasteiger partial charge in [0.15, 0.2) is 11.0 Å². The highest BCUT2D eigenvalue weighted by Gasteiger charge is 2.17. The molecule has 7 nitrogen and oxygen atoms in total. The van der Waals surface area contributed by atoms with Crippen molar-refractivity contribution in [1.82, 2.24) is 14.8 Å². The summed E-state index contributed by atoms with van der Waals surface area (Å²) in [7, 11) is 3.20. The molecule has 0 aliphatic carbocycles. The number of rotatable bonds is 8. The van der Waals surface area contributed by atoms with Crippen LogP contribution in [0.3, 0.4) is 0 Å². The van der Waals surface area contributed by atoms with Gasteiger partial charge in [-0.3, -0.25) is 4.79 Å². The van der Waals surface area contributed by atoms with E-state index in [1.165, 1.54) is 35.1 Å². The van der Waals surface area contributed by atoms with Crippen LogP contribution in [-0.4, -0.2) is 39.5 Å². The number of esters is 1. The molecule has 1 amide bonds. The number of amides is 1. The Morgan fingerprint density at radius 3 is 2.89 bits per heavy atom. The van der Waals surface area contributed by atoms with Crippen LogP contribution < -0.4 is 5.32 Å². The molecule has 0 aromatic carbocycles. The number of carbonyl (C=O) groups is 2. The minimum absolute atomic E-state index is 0.162. The molecule has 0 saturated heterocycles. The van der Waals surface area contributed by atoms with Crippen LogP contribution in [0.15, 0.2) is 28.0 Å². The number of aryl methyl sites for hydroxylation is 1. The second-order valence-corrected chi connectivity index (χ2v) is 8.76. The molecule has 28 heavy (non-hydrogen) atoms. The minimum Gasteiger partial charge on any atom is -0.465 e. The van der Waals surface area contributed by atoms with Gasteiger partial charge in [-0.05, 0) is 23.9 Å². The number of methoxy groups -OCH3 is 1. The van der Waals surface area contributed by atoms with E-state index in [-0.39, 0.29) is 11.7 Å². The van der Waals surface area contributed by atoms with Gasteiger partial charge in [-0.2, -0.15) is 0 Å². The topological polar surface area (TPSA) is 86.1 Å². The van der Waals surface area contributed by atoms with Crippen molar-refractivity contribution in [3.8, 4) is 11.4 Å². The van der Waals surface area contributed by atoms with Crippen molar-refractivity contribution < 1.29 is 14.3 Å². The van der Waals surface area contributed by atoms with E-state index < -0.39 is 5.97 Å². The quantitative estimate of drug-likeness (QED) is 0.423. The zero-order chi connectivity index (χ0) is 20.1. The SMILES string of the molecule is CCCc1cc(-c2nnc(SCC(=O)Nc3sccc3C(=O)OC)n2C)cs1. The van der Waals surface area contributed by atoms with E-state index in [1.807, 2.05) is 11.6 Å². The lowest BCUT2D eigenvalue weighted by molar-refractivity contribution is -0.113. The zero-order valence-corrected chi connectivity index (χ0v) is 18.2. The van der Waals surface area contributed by atoms with Gasteiger partial charge >= 0.3 is 5.97 Å². The predicted molar refractivity (Wildman–Crippen MR) is 113 cm³/mol. The molecule has 3 rings (SSSR count). The van der Waals surface area contributed by atoms with Crippen LogP contribution >= 0.6 is 34.4 Å². The van der Waals surface area contributed by atoms with E-state index in [0.717, 1.165) is 24.2 Å². The van der Waals surface area contributed by atoms with E-state index in [1.54, 1.807) is 22.8 Å². The molecular weight excluding hydrogens is 416 g/mol. The minimum atomic E-state index is -0.472. The van der Waals surface area contributed by atoms with Crippen molar-refractivity contribution in [2.45, 2.75) is 24.9 Å². The number of hydrogen-bond donors (Lipinski definition) is 1. The lowest BCUT2D eigenvalue weighted by atomic mass is 10.2. The first kappa shape index (κ1) is 20.6. The molecule has 148 valence electrons. The average molecular weight is 437 g/mol. The van der Waals surface area contributed by atoms with E-state index >= 15 is 0 Å². The second kappa shape index (κ2) is 9.35. The largest absolute Gasteiger partial charge is 0.465 e. The van der Waals surface area contributed by atoms with Crippen molar-refractivity contribution in [2.75, 3.05) is 18.2 Å². The lowest BCUT2D eigenvalue weighted by Crippen LogP contribution is -2.16. The van der Waals surface area contributed by atoms with Gasteiger partial charge in [0.25, 0.3) is 0 Å². The molecule has 3 aromatic rings. The third-order valence-electron chi connectivity index (χ3n) is 3.90. The maximum Gasteiger partial charge on any atom is 0.340 e. The van der Waals surface area contributed by atoms with Crippen molar-refractivity contribution in [1.29, 1.82) is 0 Å². The molecule has 1 N–H and O–H groups in total. The Balaban J connectivity index is 1.62. The number of aromatic nitrogens is 3. The fourth-order valence-corrected chi connectivity index (χ4v) is 5.01. The Morgan fingerprint density at radius 2 is 2.14 bits per heavy atom. The summed E-state index contributed by atoms with van der Waals surface area (Å²) in [5.74, 6) is 0.255. The summed E-state index contributed by atoms with van der Waals surface area (Å²) in [6.45, 7) is 2.16. The molecule has 0 bridgehead atoms. The van der Waals surface area contributed by atoms with E-state index in [9.17, 15) is 9.59 Å². The third-order valence-corrected chi connectivity index (χ3v) is 6.75. The summed E-state index contributed by atoms with van der Waals surface area (Å²) in [5.41, 5.74) is 1.40. The Morgan fingerprint density at radius 1 is 1.32 bits per heavy atom. The van der Waals surface area contributed by atoms with Gasteiger partial charge in [-0.25, -0.2) is 4.79 Å². The summed E-state index contributed by atoms with van der Waals surface area (Å²) in [6, 6.07) is 3.77. The van der Waals surface area contributed by atoms with Crippen molar-refractivity contribution in [2.24, 2.45) is 7.05 Å². The van der Waals surface area contributed by atoms with Crippen LogP contribution in [0.5, 0.6) is 0 Å². The van der Waals surface area contributed by atoms with Crippen LogP contribution in [0, 0.1) is 0 Å². The molecule has 0 atom stereocenters. The van der Waals surface area contributed by atoms with Crippen molar-refractivity contribution >= 4 is 51.3 Å². The highest BCUT2D eigenvalue weighted by molar-refractivity contribution is 7.99. The number of hydrogen-bond acceptors (Lipinski definition) is 8. The summed E-state index contributed by atoms with van der Waals surface area (Å²) in [5, 5.41) is 16.2. The van der Waals surface area contributed by atoms with Gasteiger partial charge in [0.1, 0.15) is 5.00 Å². The number of thioether (sulfide) groups is 1. The van der Waals surface area contributed by atoms with Crippen LogP contribution in [0.2, 0.25) is 0 Å². The predicted octanol–water partition coefficient (Wildman–Crippen LogP) is 4.08. The number of anilines is 1. The van der Waals surface area contributed by atoms with Crippen molar-refractivity contribution in [3.63, 3.8) is 0 Å². The zero-order valence-electron chi connectivity index (χ0n) is 15.7. The monoisotopic (exact) mass is 436 g/mol. The average Bonchev–Trinajstić information content (AvgIpc) is 3.40. The standard InChI is InChI=1S/C18H20N4O3S3/c1-4-5-12-8-11(9-27-12)15-20-21-18(22(15)2)28-10-14(23)19-16-13(6-7-26-16)17(24)25-3/h6-9H,4-5,10H2,1-3H3,(H,19,23). The van der Waals surface area contributed by atoms with Gasteiger partial charge in [-0.1, -0.05) is 25.1 Å². The molecule has 0 aliphatic rings. The number of ether oxygens (including phenoxy) is 1. The molecule has 0 aliphatic heterocycles. The highest BCUT2D eigenvalue weighted by atomic mass is 32.2. The first-order chi connectivity index (χ1) is 13.5. The number of carbonyl (C=O) groups excluding carboxylic acids is 2. The Hall–Kier alpha value is -2.17. The molecular formula is C18H20N4O3S3. The molecule has 3 heterocycles. The summed E-state index contributed by atoms with van der Waals surface area (Å²) < 4.78 is 6.60. The van der Waals surface area contributed by atoms with Crippen molar-refractivity contribution in [3.05, 3.63) is 33.3 Å². The van der Waals surface area contributed by atoms with Gasteiger partial charge in [-0.15, -0.1) is 32.9 Å². The fourth-order valence-electron chi connectivity index (χ4n) is 2.54. The van der Waals surface area contributed by atoms with Crippen LogP contribution in [0.4, 0.5) is 5.00 Å². The first-order valence-corrected chi connectivity index (χ1v) is 11.3. The molecule has 10 heteroatoms. The van der Waals surface area contributed by atoms with Gasteiger partial charge in [0.2, 0.25) is 5.91 Å². The number of nitrogens with zero attached hydrogens (tertiary/aromatic N) is 3. The first-order valence-electron chi connectivity index (χ1n) is 8.59. The van der Waals surface area contributed by atoms with Crippen LogP contribution in [0.25, 0.3) is 11.4 Å². The molecule has 0 spiro atoms. The van der Waals surface area contributed by atoms with Gasteiger partial charge in [0, 0.05) is 22.9 Å². The lowest BCUT2D eigenvalue weighted by Gasteiger charge is -2.05. The van der Waals surface area contributed by atoms with E-state index in [4.69, 9.17) is 4.74 Å². The Kier molecular flexibility index (Phi) is 6.87. The fraction of sp³-hybridized carbons (Fsp3) is 0.333. The molecule has 0 unspecified atom stereocenters. The Labute approximate surface area is 175 Å². The Bertz CT molecular complexity index is 977. The maximum atomic E-state index is 12.3. The second-order valence-electron chi connectivity index (χ2n) is 5.91. The highest BCUT2D eigenvalue weighted by Crippen LogP contribution is 2.28. The summed E-state index contributed by atoms with van der Waals surface area (Å²) in [4.78, 5) is 25.3. The van der Waals surface area contributed by atoms with Gasteiger partial charge < -0.3 is 14.6 Å². The van der Waals surface area contributed by atoms with Crippen LogP contribution in [-0.2, 0) is 23.0 Å². The third kappa shape index (κ3) is 4.62. The smallest absolute Gasteiger partial charge is 0.340 e. The molecule has 0 fully saturated rings. The number of thiophene rings is 2. The maximum absolute atomic E-state index is 12.3. The summed E-state index contributed by atoms with van der Waals surface area (Å²) >= 11 is 4.30. The van der Waals surface area contributed by atoms with E-state index in [2.05, 4.69) is 33.9 Å². The van der Waals surface area contributed by atoms with Gasteiger partial charge in [0.05, 0.1) is 18.4 Å². The van der Waals surface area contributed by atoms with Crippen LogP contribution in [0.1, 0.15) is 28.6 Å². The molecule has 3 aromatic heterocycles. The number of nitrogens with one attached hydrogen (secondary N) is 1. The van der Waals surface area contributed by atoms with E-state index in [0.29, 0.717) is 15.7 Å². The summed E-state index contributed by atoms with van der Waals surface area (Å²) in [6.07, 6.45) is 2.16. The normalized spacial score (nSPS) is 10.8. The molecule has 0 saturated carbocycles. The molecule has 0 radical (unpaired) electrons.